The molecule has 0 amide bonds. The van der Waals surface area contributed by atoms with E-state index in [1.165, 1.54) is 23.6 Å². The molecule has 1 fully saturated rings. The van der Waals surface area contributed by atoms with Crippen molar-refractivity contribution in [3.05, 3.63) is 53.1 Å². The van der Waals surface area contributed by atoms with Crippen molar-refractivity contribution in [2.75, 3.05) is 13.2 Å². The van der Waals surface area contributed by atoms with Crippen LogP contribution in [0.4, 0.5) is 0 Å². The monoisotopic (exact) mass is 546 g/mol. The van der Waals surface area contributed by atoms with E-state index in [4.69, 9.17) is 24.3 Å². The van der Waals surface area contributed by atoms with E-state index in [2.05, 4.69) is 65.7 Å². The maximum atomic E-state index is 11.7. The highest BCUT2D eigenvalue weighted by molar-refractivity contribution is 7.75. The van der Waals surface area contributed by atoms with Crippen LogP contribution in [0.1, 0.15) is 92.6 Å². The molecule has 0 aliphatic heterocycles. The quantitative estimate of drug-likeness (QED) is 0.167. The molecule has 0 aromatic heterocycles. The van der Waals surface area contributed by atoms with Crippen LogP contribution in [0.25, 0.3) is 0 Å². The van der Waals surface area contributed by atoms with Crippen LogP contribution >= 0.6 is 0 Å². The van der Waals surface area contributed by atoms with Gasteiger partial charge in [-0.05, 0) is 82.1 Å². The molecule has 0 heterocycles. The Morgan fingerprint density at radius 3 is 2.24 bits per heavy atom. The lowest BCUT2D eigenvalue weighted by molar-refractivity contribution is -0.139. The van der Waals surface area contributed by atoms with Gasteiger partial charge >= 0.3 is 17.3 Å². The minimum absolute atomic E-state index is 0.0287. The predicted octanol–water partition coefficient (Wildman–Crippen LogP) is 7.16. The van der Waals surface area contributed by atoms with Crippen molar-refractivity contribution in [3.63, 3.8) is 0 Å². The molecule has 1 aromatic rings. The average Bonchev–Trinajstić information content (AvgIpc) is 2.84. The number of esters is 1. The van der Waals surface area contributed by atoms with Gasteiger partial charge in [-0.15, -0.1) is 6.42 Å². The summed E-state index contributed by atoms with van der Waals surface area (Å²) in [4.78, 5) is 10.5. The lowest BCUT2D eigenvalue weighted by Crippen LogP contribution is -2.37. The Balaban J connectivity index is 0.000000442. The maximum Gasteiger partial charge on any atom is 0.305 e. The maximum absolute atomic E-state index is 11.7. The number of terminal acetylenes is 1. The summed E-state index contributed by atoms with van der Waals surface area (Å²) in [5, 5.41) is 0. The topological polar surface area (TPSA) is 71.1 Å². The molecule has 7 heteroatoms. The molecule has 212 valence electrons. The van der Waals surface area contributed by atoms with Gasteiger partial charge in [-0.1, -0.05) is 62.5 Å². The van der Waals surface area contributed by atoms with Gasteiger partial charge in [-0.3, -0.25) is 13.2 Å². The third-order valence-electron chi connectivity index (χ3n) is 5.90. The Kier molecular flexibility index (Phi) is 15.9. The number of hydrogen-bond donors (Lipinski definition) is 0. The molecule has 0 radical (unpaired) electrons. The summed E-state index contributed by atoms with van der Waals surface area (Å²) in [5.74, 6) is 2.86. The molecule has 2 rings (SSSR count). The highest BCUT2D eigenvalue weighted by Crippen LogP contribution is 2.29. The Labute approximate surface area is 233 Å². The molecule has 38 heavy (non-hydrogen) atoms. The minimum Gasteiger partial charge on any atom is -0.488 e. The summed E-state index contributed by atoms with van der Waals surface area (Å²) in [6.45, 7) is 14.6. The van der Waals surface area contributed by atoms with Crippen LogP contribution in [-0.2, 0) is 34.7 Å². The predicted molar refractivity (Wildman–Crippen MR) is 155 cm³/mol. The van der Waals surface area contributed by atoms with E-state index >= 15 is 0 Å². The number of hydrogen-bond acceptors (Lipinski definition) is 6. The number of benzene rings is 1. The summed E-state index contributed by atoms with van der Waals surface area (Å²) < 4.78 is 33.0. The van der Waals surface area contributed by atoms with Gasteiger partial charge in [0, 0.05) is 6.92 Å². The fraction of sp³-hybridized carbons (Fsp3) is 0.581. The van der Waals surface area contributed by atoms with Gasteiger partial charge in [0.25, 0.3) is 0 Å². The van der Waals surface area contributed by atoms with Crippen LogP contribution in [0.3, 0.4) is 0 Å². The number of carbonyl (C=O) groups is 1. The minimum atomic E-state index is -1.83. The summed E-state index contributed by atoms with van der Waals surface area (Å²) in [7, 11) is 0. The molecule has 0 bridgehead atoms. The SMILES string of the molecule is C#CCOS(=O)OC1CCCCC1Oc1ccc(C(C)(C)C)cc1.CC(=O)OC/C=C(\C)CCC=C(C)C. The van der Waals surface area contributed by atoms with Crippen molar-refractivity contribution in [2.24, 2.45) is 0 Å². The number of allylic oxidation sites excluding steroid dienone is 3. The molecule has 0 spiro atoms. The van der Waals surface area contributed by atoms with Crippen LogP contribution in [0, 0.1) is 12.3 Å². The number of rotatable bonds is 11. The molecule has 3 atom stereocenters. The largest absolute Gasteiger partial charge is 0.488 e. The Hall–Kier alpha value is -2.40. The number of carbonyl (C=O) groups excluding carboxylic acids is 1. The molecule has 1 aliphatic carbocycles. The highest BCUT2D eigenvalue weighted by Gasteiger charge is 2.30. The second kappa shape index (κ2) is 18.0. The van der Waals surface area contributed by atoms with Crippen LogP contribution in [-0.4, -0.2) is 35.6 Å². The first kappa shape index (κ1) is 33.6. The van der Waals surface area contributed by atoms with Crippen LogP contribution in [0.2, 0.25) is 0 Å². The van der Waals surface area contributed by atoms with Gasteiger partial charge in [-0.25, -0.2) is 0 Å². The smallest absolute Gasteiger partial charge is 0.305 e. The van der Waals surface area contributed by atoms with Crippen LogP contribution < -0.4 is 4.74 Å². The molecule has 6 nitrogen and oxygen atoms in total. The zero-order valence-electron chi connectivity index (χ0n) is 24.2. The fourth-order valence-corrected chi connectivity index (χ4v) is 4.36. The highest BCUT2D eigenvalue weighted by atomic mass is 32.2. The molecule has 1 aliphatic rings. The summed E-state index contributed by atoms with van der Waals surface area (Å²) in [6.07, 6.45) is 14.8. The molecule has 3 unspecified atom stereocenters. The van der Waals surface area contributed by atoms with Crippen molar-refractivity contribution >= 4 is 17.3 Å². The normalized spacial score (nSPS) is 18.3. The second-order valence-corrected chi connectivity index (χ2v) is 11.5. The van der Waals surface area contributed by atoms with Gasteiger partial charge in [0.1, 0.15) is 31.2 Å². The summed E-state index contributed by atoms with van der Waals surface area (Å²) in [6, 6.07) is 8.14. The summed E-state index contributed by atoms with van der Waals surface area (Å²) >= 11 is -1.83. The van der Waals surface area contributed by atoms with Gasteiger partial charge in [0.15, 0.2) is 0 Å². The van der Waals surface area contributed by atoms with Gasteiger partial charge in [0.2, 0.25) is 0 Å². The average molecular weight is 547 g/mol. The van der Waals surface area contributed by atoms with E-state index in [0.717, 1.165) is 44.3 Å². The Bertz CT molecular complexity index is 962. The van der Waals surface area contributed by atoms with E-state index in [0.29, 0.717) is 6.61 Å². The van der Waals surface area contributed by atoms with Crippen molar-refractivity contribution in [3.8, 4) is 18.1 Å². The van der Waals surface area contributed by atoms with Crippen molar-refractivity contribution < 1.29 is 26.8 Å². The van der Waals surface area contributed by atoms with E-state index < -0.39 is 11.4 Å². The zero-order valence-corrected chi connectivity index (χ0v) is 25.0. The van der Waals surface area contributed by atoms with Gasteiger partial charge in [-0.2, -0.15) is 4.21 Å². The van der Waals surface area contributed by atoms with E-state index in [-0.39, 0.29) is 30.2 Å². The lowest BCUT2D eigenvalue weighted by Gasteiger charge is -2.30. The third kappa shape index (κ3) is 15.1. The standard InChI is InChI=1S/C19H26O4S.C12H20O2/c1-5-14-21-24(20)23-18-9-7-6-8-17(18)22-16-12-10-15(11-13-16)19(2,3)4;1-10(2)6-5-7-11(3)8-9-14-12(4)13/h1,10-13,17-18H,6-9,14H2,2-4H3;6,8H,5,7,9H2,1-4H3/b;11-8+. The molecule has 1 saturated carbocycles. The molecule has 0 N–H and O–H groups in total. The van der Waals surface area contributed by atoms with E-state index in [9.17, 15) is 9.00 Å². The first-order valence-corrected chi connectivity index (χ1v) is 14.3. The van der Waals surface area contributed by atoms with E-state index in [1.807, 2.05) is 18.2 Å². The van der Waals surface area contributed by atoms with Crippen LogP contribution in [0.5, 0.6) is 5.75 Å². The zero-order chi connectivity index (χ0) is 28.6. The Morgan fingerprint density at radius 1 is 1.05 bits per heavy atom. The van der Waals surface area contributed by atoms with Crippen molar-refractivity contribution in [1.29, 1.82) is 0 Å². The molecule has 1 aromatic carbocycles. The first-order valence-electron chi connectivity index (χ1n) is 13.3. The van der Waals surface area contributed by atoms with Gasteiger partial charge < -0.3 is 9.47 Å². The third-order valence-corrected chi connectivity index (χ3v) is 6.61. The number of ether oxygens (including phenoxy) is 2. The van der Waals surface area contributed by atoms with Crippen molar-refractivity contribution in [1.82, 2.24) is 0 Å². The Morgan fingerprint density at radius 2 is 1.68 bits per heavy atom. The van der Waals surface area contributed by atoms with Gasteiger partial charge in [0.05, 0.1) is 0 Å². The molecule has 0 saturated heterocycles. The first-order chi connectivity index (χ1) is 17.9. The van der Waals surface area contributed by atoms with Crippen molar-refractivity contribution in [2.45, 2.75) is 105 Å². The second-order valence-electron chi connectivity index (χ2n) is 10.7. The fourth-order valence-electron chi connectivity index (χ4n) is 3.72. The lowest BCUT2D eigenvalue weighted by atomic mass is 9.87. The van der Waals surface area contributed by atoms with Crippen LogP contribution in [0.15, 0.2) is 47.6 Å². The molecular formula is C31H46O6S. The molecular weight excluding hydrogens is 500 g/mol. The van der Waals surface area contributed by atoms with E-state index in [1.54, 1.807) is 0 Å². The summed E-state index contributed by atoms with van der Waals surface area (Å²) in [5.41, 5.74) is 3.98.